The quantitative estimate of drug-likeness (QED) is 0.476. The smallest absolute Gasteiger partial charge is 0.307 e. The van der Waals surface area contributed by atoms with Crippen molar-refractivity contribution in [1.82, 2.24) is 15.4 Å². The molecule has 0 unspecified atom stereocenters. The van der Waals surface area contributed by atoms with Gasteiger partial charge in [0.2, 0.25) is 0 Å². The van der Waals surface area contributed by atoms with Crippen LogP contribution in [-0.4, -0.2) is 17.0 Å². The summed E-state index contributed by atoms with van der Waals surface area (Å²) >= 11 is 0. The zero-order valence-electron chi connectivity index (χ0n) is 5.51. The van der Waals surface area contributed by atoms with E-state index >= 15 is 0 Å². The third-order valence-corrected chi connectivity index (χ3v) is 0.934. The first-order valence-corrected chi connectivity index (χ1v) is 2.81. The van der Waals surface area contributed by atoms with Gasteiger partial charge < -0.3 is 5.43 Å². The summed E-state index contributed by atoms with van der Waals surface area (Å²) in [6.45, 7) is 0. The molecule has 0 aliphatic rings. The van der Waals surface area contributed by atoms with Crippen molar-refractivity contribution in [3.05, 3.63) is 22.7 Å². The maximum absolute atomic E-state index is 10.5. The predicted octanol–water partition coefficient (Wildman–Crippen LogP) is -0.684. The first-order valence-electron chi connectivity index (χ1n) is 2.81. The number of anilines is 1. The van der Waals surface area contributed by atoms with E-state index in [2.05, 4.69) is 20.8 Å². The fourth-order valence-electron chi connectivity index (χ4n) is 0.576. The van der Waals surface area contributed by atoms with Crippen LogP contribution in [0.1, 0.15) is 0 Å². The Morgan fingerprint density at radius 3 is 3.10 bits per heavy atom. The summed E-state index contributed by atoms with van der Waals surface area (Å²) in [5, 5.41) is 0. The molecule has 0 radical (unpaired) electrons. The molecule has 1 heterocycles. The SMILES string of the molecule is CNNc1ccnc(=O)[nH]1. The fraction of sp³-hybridized carbons (Fsp3) is 0.200. The van der Waals surface area contributed by atoms with E-state index in [0.29, 0.717) is 5.82 Å². The van der Waals surface area contributed by atoms with Crippen molar-refractivity contribution in [2.75, 3.05) is 12.5 Å². The van der Waals surface area contributed by atoms with Crippen LogP contribution in [0.25, 0.3) is 0 Å². The van der Waals surface area contributed by atoms with Gasteiger partial charge in [0.25, 0.3) is 0 Å². The number of hydrogen-bond donors (Lipinski definition) is 3. The van der Waals surface area contributed by atoms with E-state index in [1.54, 1.807) is 13.1 Å². The Labute approximate surface area is 57.5 Å². The summed E-state index contributed by atoms with van der Waals surface area (Å²) in [5.41, 5.74) is 5.01. The minimum atomic E-state index is -0.361. The third kappa shape index (κ3) is 1.56. The van der Waals surface area contributed by atoms with Crippen LogP contribution < -0.4 is 16.5 Å². The summed E-state index contributed by atoms with van der Waals surface area (Å²) in [7, 11) is 1.71. The van der Waals surface area contributed by atoms with Gasteiger partial charge in [-0.05, 0) is 6.07 Å². The van der Waals surface area contributed by atoms with Crippen molar-refractivity contribution in [1.29, 1.82) is 0 Å². The number of hydrazine groups is 1. The molecule has 0 aliphatic carbocycles. The molecule has 0 amide bonds. The van der Waals surface area contributed by atoms with Gasteiger partial charge in [0.05, 0.1) is 0 Å². The van der Waals surface area contributed by atoms with E-state index in [-0.39, 0.29) is 5.69 Å². The number of rotatable bonds is 2. The van der Waals surface area contributed by atoms with Crippen molar-refractivity contribution >= 4 is 5.82 Å². The molecule has 0 spiro atoms. The van der Waals surface area contributed by atoms with Crippen LogP contribution in [0.3, 0.4) is 0 Å². The maximum atomic E-state index is 10.5. The summed E-state index contributed by atoms with van der Waals surface area (Å²) in [6, 6.07) is 1.65. The Kier molecular flexibility index (Phi) is 2.01. The van der Waals surface area contributed by atoms with Gasteiger partial charge in [0.1, 0.15) is 5.82 Å². The summed E-state index contributed by atoms with van der Waals surface area (Å²) in [4.78, 5) is 16.4. The van der Waals surface area contributed by atoms with Crippen LogP contribution in [0.5, 0.6) is 0 Å². The Balaban J connectivity index is 2.85. The van der Waals surface area contributed by atoms with E-state index in [9.17, 15) is 4.79 Å². The van der Waals surface area contributed by atoms with Crippen LogP contribution in [0, 0.1) is 0 Å². The van der Waals surface area contributed by atoms with Gasteiger partial charge in [0.15, 0.2) is 0 Å². The fourth-order valence-corrected chi connectivity index (χ4v) is 0.576. The zero-order chi connectivity index (χ0) is 7.40. The highest BCUT2D eigenvalue weighted by molar-refractivity contribution is 5.29. The minimum Gasteiger partial charge on any atom is -0.307 e. The topological polar surface area (TPSA) is 69.8 Å². The molecule has 54 valence electrons. The van der Waals surface area contributed by atoms with Crippen LogP contribution in [0.4, 0.5) is 5.82 Å². The van der Waals surface area contributed by atoms with Crippen LogP contribution in [0.15, 0.2) is 17.1 Å². The van der Waals surface area contributed by atoms with E-state index in [1.165, 1.54) is 6.20 Å². The summed E-state index contributed by atoms with van der Waals surface area (Å²) in [6.07, 6.45) is 1.43. The lowest BCUT2D eigenvalue weighted by molar-refractivity contribution is 0.945. The van der Waals surface area contributed by atoms with Gasteiger partial charge in [-0.3, -0.25) is 4.98 Å². The van der Waals surface area contributed by atoms with E-state index in [4.69, 9.17) is 0 Å². The van der Waals surface area contributed by atoms with Crippen LogP contribution >= 0.6 is 0 Å². The number of aromatic nitrogens is 2. The Hall–Kier alpha value is -1.36. The Bertz CT molecular complexity index is 256. The third-order valence-electron chi connectivity index (χ3n) is 0.934. The van der Waals surface area contributed by atoms with E-state index < -0.39 is 0 Å². The normalized spacial score (nSPS) is 9.30. The molecular weight excluding hydrogens is 132 g/mol. The molecule has 0 atom stereocenters. The van der Waals surface area contributed by atoms with Gasteiger partial charge in [-0.1, -0.05) is 0 Å². The maximum Gasteiger partial charge on any atom is 0.346 e. The average molecular weight is 140 g/mol. The summed E-state index contributed by atoms with van der Waals surface area (Å²) < 4.78 is 0. The largest absolute Gasteiger partial charge is 0.346 e. The molecule has 5 heteroatoms. The lowest BCUT2D eigenvalue weighted by Gasteiger charge is -2.00. The predicted molar refractivity (Wildman–Crippen MR) is 37.5 cm³/mol. The van der Waals surface area contributed by atoms with Gasteiger partial charge in [-0.2, -0.15) is 0 Å². The van der Waals surface area contributed by atoms with Crippen molar-refractivity contribution in [3.8, 4) is 0 Å². The first kappa shape index (κ1) is 6.76. The van der Waals surface area contributed by atoms with Crippen molar-refractivity contribution in [2.45, 2.75) is 0 Å². The monoisotopic (exact) mass is 140 g/mol. The van der Waals surface area contributed by atoms with Gasteiger partial charge in [0, 0.05) is 13.2 Å². The molecule has 0 fully saturated rings. The highest BCUT2D eigenvalue weighted by Gasteiger charge is 1.87. The second-order valence-electron chi connectivity index (χ2n) is 1.66. The number of nitrogens with zero attached hydrogens (tertiary/aromatic N) is 1. The molecule has 0 bridgehead atoms. The summed E-state index contributed by atoms with van der Waals surface area (Å²) in [5.74, 6) is 0.600. The molecule has 0 saturated carbocycles. The Morgan fingerprint density at radius 2 is 2.50 bits per heavy atom. The Morgan fingerprint density at radius 1 is 1.70 bits per heavy atom. The molecule has 1 rings (SSSR count). The number of nitrogens with one attached hydrogen (secondary N) is 3. The molecule has 10 heavy (non-hydrogen) atoms. The highest BCUT2D eigenvalue weighted by atomic mass is 16.1. The van der Waals surface area contributed by atoms with Gasteiger partial charge in [-0.25, -0.2) is 15.2 Å². The zero-order valence-corrected chi connectivity index (χ0v) is 5.51. The first-order chi connectivity index (χ1) is 4.83. The second kappa shape index (κ2) is 2.98. The van der Waals surface area contributed by atoms with Crippen LogP contribution in [-0.2, 0) is 0 Å². The lowest BCUT2D eigenvalue weighted by atomic mass is 10.6. The number of H-pyrrole nitrogens is 1. The lowest BCUT2D eigenvalue weighted by Crippen LogP contribution is -2.19. The standard InChI is InChI=1S/C5H8N4O/c1-6-9-4-2-3-7-5(10)8-4/h2-3,6H,1H3,(H2,7,8,9,10). The molecule has 3 N–H and O–H groups in total. The van der Waals surface area contributed by atoms with E-state index in [0.717, 1.165) is 0 Å². The average Bonchev–Trinajstić information content (AvgIpc) is 1.88. The molecule has 1 aromatic rings. The second-order valence-corrected chi connectivity index (χ2v) is 1.66. The van der Waals surface area contributed by atoms with Crippen molar-refractivity contribution < 1.29 is 0 Å². The molecule has 5 nitrogen and oxygen atoms in total. The van der Waals surface area contributed by atoms with Crippen LogP contribution in [0.2, 0.25) is 0 Å². The number of aromatic amines is 1. The van der Waals surface area contributed by atoms with Crippen molar-refractivity contribution in [3.63, 3.8) is 0 Å². The van der Waals surface area contributed by atoms with E-state index in [1.807, 2.05) is 0 Å². The molecule has 0 aliphatic heterocycles. The van der Waals surface area contributed by atoms with Gasteiger partial charge >= 0.3 is 5.69 Å². The minimum absolute atomic E-state index is 0.361. The highest BCUT2D eigenvalue weighted by Crippen LogP contribution is 1.90. The molecule has 0 aromatic carbocycles. The number of hydrogen-bond acceptors (Lipinski definition) is 4. The molecule has 0 saturated heterocycles. The van der Waals surface area contributed by atoms with Gasteiger partial charge in [-0.15, -0.1) is 0 Å². The molecular formula is C5H8N4O. The molecule has 1 aromatic heterocycles. The van der Waals surface area contributed by atoms with Crippen molar-refractivity contribution in [2.24, 2.45) is 0 Å².